The van der Waals surface area contributed by atoms with Gasteiger partial charge in [0.25, 0.3) is 17.7 Å². The third-order valence-corrected chi connectivity index (χ3v) is 5.02. The average Bonchev–Trinajstić information content (AvgIpc) is 2.97. The molecule has 2 aromatic carbocycles. The van der Waals surface area contributed by atoms with Crippen molar-refractivity contribution in [1.82, 2.24) is 21.1 Å². The summed E-state index contributed by atoms with van der Waals surface area (Å²) in [5.74, 6) is -1.67. The summed E-state index contributed by atoms with van der Waals surface area (Å²) in [5, 5.41) is 5.85. The van der Waals surface area contributed by atoms with E-state index >= 15 is 0 Å². The van der Waals surface area contributed by atoms with Gasteiger partial charge >= 0.3 is 6.03 Å². The maximum atomic E-state index is 13.0. The van der Waals surface area contributed by atoms with Gasteiger partial charge < -0.3 is 10.6 Å². The van der Waals surface area contributed by atoms with Gasteiger partial charge in [0.1, 0.15) is 5.54 Å². The highest BCUT2D eigenvalue weighted by Crippen LogP contribution is 2.31. The topological polar surface area (TPSA) is 108 Å². The summed E-state index contributed by atoms with van der Waals surface area (Å²) in [6, 6.07) is 13.5. The van der Waals surface area contributed by atoms with Gasteiger partial charge in [0, 0.05) is 5.56 Å². The molecule has 0 aliphatic carbocycles. The molecule has 1 fully saturated rings. The first-order valence-corrected chi connectivity index (χ1v) is 9.65. The third-order valence-electron chi connectivity index (χ3n) is 5.02. The van der Waals surface area contributed by atoms with Gasteiger partial charge in [0.15, 0.2) is 0 Å². The molecular formula is C22H24N4O4. The Balaban J connectivity index is 1.66. The van der Waals surface area contributed by atoms with Crippen molar-refractivity contribution in [2.24, 2.45) is 0 Å². The molecule has 5 amide bonds. The molecule has 3 rings (SSSR count). The van der Waals surface area contributed by atoms with Crippen LogP contribution in [0.25, 0.3) is 0 Å². The first-order valence-electron chi connectivity index (χ1n) is 9.65. The van der Waals surface area contributed by atoms with Crippen LogP contribution in [0, 0.1) is 13.8 Å². The fourth-order valence-electron chi connectivity index (χ4n) is 3.57. The second-order valence-electron chi connectivity index (χ2n) is 7.29. The zero-order chi connectivity index (χ0) is 21.9. The highest BCUT2D eigenvalue weighted by atomic mass is 16.2. The van der Waals surface area contributed by atoms with Gasteiger partial charge in [-0.25, -0.2) is 4.79 Å². The maximum Gasteiger partial charge on any atom is 0.344 e. The first kappa shape index (κ1) is 21.0. The molecule has 8 nitrogen and oxygen atoms in total. The molecule has 0 aromatic heterocycles. The summed E-state index contributed by atoms with van der Waals surface area (Å²) >= 11 is 0. The lowest BCUT2D eigenvalue weighted by molar-refractivity contribution is -0.139. The third kappa shape index (κ3) is 4.03. The van der Waals surface area contributed by atoms with Crippen molar-refractivity contribution >= 4 is 23.8 Å². The number of imide groups is 1. The van der Waals surface area contributed by atoms with Crippen LogP contribution in [0.2, 0.25) is 0 Å². The van der Waals surface area contributed by atoms with Crippen LogP contribution in [-0.4, -0.2) is 35.3 Å². The van der Waals surface area contributed by atoms with E-state index in [-0.39, 0.29) is 6.54 Å². The summed E-state index contributed by atoms with van der Waals surface area (Å²) in [7, 11) is 0. The minimum absolute atomic E-state index is 0.317. The fourth-order valence-corrected chi connectivity index (χ4v) is 3.57. The van der Waals surface area contributed by atoms with E-state index < -0.39 is 29.3 Å². The number of aryl methyl sites for hydroxylation is 2. The van der Waals surface area contributed by atoms with Crippen molar-refractivity contribution in [3.05, 3.63) is 70.8 Å². The summed E-state index contributed by atoms with van der Waals surface area (Å²) in [6.07, 6.45) is 0.317. The quantitative estimate of drug-likeness (QED) is 0.635. The van der Waals surface area contributed by atoms with E-state index in [2.05, 4.69) is 16.1 Å². The number of urea groups is 1. The molecule has 0 radical (unpaired) electrons. The molecule has 1 aliphatic heterocycles. The molecule has 0 saturated carbocycles. The minimum atomic E-state index is -1.24. The number of nitrogens with one attached hydrogen (secondary N) is 3. The number of benzene rings is 2. The Morgan fingerprint density at radius 1 is 1.03 bits per heavy atom. The van der Waals surface area contributed by atoms with Crippen LogP contribution in [-0.2, 0) is 15.1 Å². The van der Waals surface area contributed by atoms with Gasteiger partial charge in [-0.3, -0.25) is 19.8 Å². The molecule has 1 atom stereocenters. The van der Waals surface area contributed by atoms with Gasteiger partial charge in [-0.2, -0.15) is 5.01 Å². The van der Waals surface area contributed by atoms with E-state index in [1.54, 1.807) is 43.3 Å². The zero-order valence-corrected chi connectivity index (χ0v) is 17.1. The standard InChI is InChI=1S/C22H24N4O4/c1-4-22(17-8-6-5-7-9-17)20(29)26(21(30)24-22)25-18(27)13-23-19(28)16-11-14(2)10-15(3)12-16/h5-12H,4,13H2,1-3H3,(H,23,28)(H,24,30)(H,25,27)/t22-/m1/s1. The molecule has 0 spiro atoms. The first-order chi connectivity index (χ1) is 14.3. The fraction of sp³-hybridized carbons (Fsp3) is 0.273. The Bertz CT molecular complexity index is 985. The van der Waals surface area contributed by atoms with Crippen LogP contribution in [0.15, 0.2) is 48.5 Å². The monoisotopic (exact) mass is 408 g/mol. The Kier molecular flexibility index (Phi) is 5.86. The summed E-state index contributed by atoms with van der Waals surface area (Å²) in [4.78, 5) is 50.0. The number of hydrazine groups is 1. The number of hydrogen-bond donors (Lipinski definition) is 3. The number of carbonyl (C=O) groups is 4. The van der Waals surface area contributed by atoms with Crippen LogP contribution in [0.5, 0.6) is 0 Å². The highest BCUT2D eigenvalue weighted by Gasteiger charge is 2.52. The van der Waals surface area contributed by atoms with E-state index in [9.17, 15) is 19.2 Å². The molecule has 3 N–H and O–H groups in total. The second kappa shape index (κ2) is 8.36. The van der Waals surface area contributed by atoms with Crippen LogP contribution in [0.3, 0.4) is 0 Å². The SMILES string of the molecule is CC[C@]1(c2ccccc2)NC(=O)N(NC(=O)CNC(=O)c2cc(C)cc(C)c2)C1=O. The molecule has 0 unspecified atom stereocenters. The maximum absolute atomic E-state index is 13.0. The number of nitrogens with zero attached hydrogens (tertiary/aromatic N) is 1. The van der Waals surface area contributed by atoms with Crippen LogP contribution >= 0.6 is 0 Å². The molecule has 1 aliphatic rings. The molecule has 2 aromatic rings. The second-order valence-corrected chi connectivity index (χ2v) is 7.29. The van der Waals surface area contributed by atoms with E-state index in [4.69, 9.17) is 0 Å². The van der Waals surface area contributed by atoms with E-state index in [1.807, 2.05) is 26.0 Å². The van der Waals surface area contributed by atoms with Crippen LogP contribution in [0.1, 0.15) is 40.4 Å². The van der Waals surface area contributed by atoms with Crippen LogP contribution < -0.4 is 16.1 Å². The van der Waals surface area contributed by atoms with Gasteiger partial charge in [-0.05, 0) is 38.0 Å². The van der Waals surface area contributed by atoms with E-state index in [1.165, 1.54) is 0 Å². The van der Waals surface area contributed by atoms with Crippen molar-refractivity contribution in [2.75, 3.05) is 6.54 Å². The van der Waals surface area contributed by atoms with E-state index in [0.29, 0.717) is 22.6 Å². The van der Waals surface area contributed by atoms with Gasteiger partial charge in [0.05, 0.1) is 6.54 Å². The predicted molar refractivity (Wildman–Crippen MR) is 110 cm³/mol. The van der Waals surface area contributed by atoms with Gasteiger partial charge in [-0.15, -0.1) is 0 Å². The predicted octanol–water partition coefficient (Wildman–Crippen LogP) is 1.92. The normalized spacial score (nSPS) is 18.2. The molecule has 8 heteroatoms. The van der Waals surface area contributed by atoms with Gasteiger partial charge in [-0.1, -0.05) is 54.4 Å². The smallest absolute Gasteiger partial charge is 0.343 e. The number of carbonyl (C=O) groups excluding carboxylic acids is 4. The number of rotatable bonds is 6. The van der Waals surface area contributed by atoms with Crippen molar-refractivity contribution in [1.29, 1.82) is 0 Å². The molecule has 156 valence electrons. The van der Waals surface area contributed by atoms with Crippen molar-refractivity contribution in [3.63, 3.8) is 0 Å². The lowest BCUT2D eigenvalue weighted by atomic mass is 9.87. The lowest BCUT2D eigenvalue weighted by Gasteiger charge is -2.25. The summed E-state index contributed by atoms with van der Waals surface area (Å²) in [6.45, 7) is 5.15. The zero-order valence-electron chi connectivity index (χ0n) is 17.1. The van der Waals surface area contributed by atoms with Crippen LogP contribution in [0.4, 0.5) is 4.79 Å². The number of amides is 5. The van der Waals surface area contributed by atoms with Crippen molar-refractivity contribution in [2.45, 2.75) is 32.7 Å². The number of hydrogen-bond acceptors (Lipinski definition) is 4. The average molecular weight is 408 g/mol. The Hall–Kier alpha value is -3.68. The largest absolute Gasteiger partial charge is 0.344 e. The summed E-state index contributed by atoms with van der Waals surface area (Å²) < 4.78 is 0. The minimum Gasteiger partial charge on any atom is -0.343 e. The summed E-state index contributed by atoms with van der Waals surface area (Å²) in [5.41, 5.74) is 3.97. The van der Waals surface area contributed by atoms with Gasteiger partial charge in [0.2, 0.25) is 0 Å². The van der Waals surface area contributed by atoms with Crippen molar-refractivity contribution in [3.8, 4) is 0 Å². The highest BCUT2D eigenvalue weighted by molar-refractivity contribution is 6.08. The van der Waals surface area contributed by atoms with Crippen molar-refractivity contribution < 1.29 is 19.2 Å². The molecular weight excluding hydrogens is 384 g/mol. The Labute approximate surface area is 174 Å². The molecule has 30 heavy (non-hydrogen) atoms. The lowest BCUT2D eigenvalue weighted by Crippen LogP contribution is -2.51. The molecule has 1 saturated heterocycles. The molecule has 1 heterocycles. The molecule has 0 bridgehead atoms. The Morgan fingerprint density at radius 3 is 2.27 bits per heavy atom. The Morgan fingerprint density at radius 2 is 1.67 bits per heavy atom. The van der Waals surface area contributed by atoms with E-state index in [0.717, 1.165) is 11.1 Å².